The molecule has 0 aliphatic heterocycles. The van der Waals surface area contributed by atoms with Crippen LogP contribution in [0.2, 0.25) is 0 Å². The first-order valence-corrected chi connectivity index (χ1v) is 26.9. The van der Waals surface area contributed by atoms with Gasteiger partial charge in [0, 0.05) is 16.8 Å². The number of methoxy groups -OCH3 is 1. The van der Waals surface area contributed by atoms with Gasteiger partial charge in [-0.1, -0.05) is 18.2 Å². The van der Waals surface area contributed by atoms with Crippen molar-refractivity contribution in [1.29, 1.82) is 0 Å². The van der Waals surface area contributed by atoms with Gasteiger partial charge in [0.05, 0.1) is 40.3 Å². The highest BCUT2D eigenvalue weighted by Gasteiger charge is 2.26. The van der Waals surface area contributed by atoms with Gasteiger partial charge in [0.1, 0.15) is 48.9 Å². The van der Waals surface area contributed by atoms with Crippen molar-refractivity contribution in [2.45, 2.75) is 33.4 Å². The molecule has 77 heavy (non-hydrogen) atoms. The number of aromatic hydroxyl groups is 2. The third-order valence-electron chi connectivity index (χ3n) is 11.1. The van der Waals surface area contributed by atoms with Crippen molar-refractivity contribution >= 4 is 113 Å². The zero-order valence-corrected chi connectivity index (χ0v) is 42.4. The van der Waals surface area contributed by atoms with Crippen LogP contribution < -0.4 is 10.3 Å². The van der Waals surface area contributed by atoms with E-state index < -0.39 is 106 Å². The van der Waals surface area contributed by atoms with Gasteiger partial charge >= 0.3 is 5.97 Å². The summed E-state index contributed by atoms with van der Waals surface area (Å²) in [5, 5.41) is 66.5. The summed E-state index contributed by atoms with van der Waals surface area (Å²) < 4.78 is 143. The molecule has 0 saturated carbocycles. The van der Waals surface area contributed by atoms with Gasteiger partial charge in [0.2, 0.25) is 0 Å². The van der Waals surface area contributed by atoms with Crippen LogP contribution in [0.4, 0.5) is 45.5 Å². The number of carbonyl (C=O) groups is 1. The fraction of sp³-hybridized carbons (Fsp3) is 0.0667. The number of ether oxygens (including phenoxy) is 1. The molecule has 0 bridgehead atoms. The fourth-order valence-corrected chi connectivity index (χ4v) is 9.87. The predicted molar refractivity (Wildman–Crippen MR) is 269 cm³/mol. The van der Waals surface area contributed by atoms with E-state index in [1.807, 2.05) is 0 Å². The van der Waals surface area contributed by atoms with E-state index in [-0.39, 0.29) is 67.1 Å². The number of hydrogen-bond donors (Lipinski definition) is 8. The maximum absolute atomic E-state index is 13.8. The average molecular weight is 1130 g/mol. The topological polar surface area (TPSA) is 441 Å². The van der Waals surface area contributed by atoms with Crippen LogP contribution in [0.25, 0.3) is 27.2 Å². The monoisotopic (exact) mass is 1130 g/mol. The molecule has 0 aliphatic rings. The van der Waals surface area contributed by atoms with E-state index in [0.717, 1.165) is 41.1 Å². The van der Waals surface area contributed by atoms with Crippen molar-refractivity contribution in [2.24, 2.45) is 40.9 Å². The maximum atomic E-state index is 13.8. The molecule has 0 aliphatic carbocycles. The first kappa shape index (κ1) is 54.2. The minimum Gasteiger partial charge on any atom is -0.505 e. The van der Waals surface area contributed by atoms with Gasteiger partial charge in [-0.3, -0.25) is 28.1 Å². The highest BCUT2D eigenvalue weighted by Crippen LogP contribution is 2.45. The summed E-state index contributed by atoms with van der Waals surface area (Å²) in [5.74, 6) is -3.24. The van der Waals surface area contributed by atoms with E-state index in [1.54, 1.807) is 0 Å². The number of nitrogens with one attached hydrogen (secondary N) is 1. The van der Waals surface area contributed by atoms with Crippen molar-refractivity contribution in [3.63, 3.8) is 0 Å². The van der Waals surface area contributed by atoms with Gasteiger partial charge in [-0.05, 0) is 109 Å². The second kappa shape index (κ2) is 20.3. The zero-order chi connectivity index (χ0) is 56.1. The highest BCUT2D eigenvalue weighted by molar-refractivity contribution is 7.86. The number of aromatic nitrogens is 2. The third kappa shape index (κ3) is 11.2. The van der Waals surface area contributed by atoms with Crippen LogP contribution in [0, 0.1) is 13.8 Å². The molecule has 7 aromatic carbocycles. The van der Waals surface area contributed by atoms with Crippen LogP contribution in [-0.2, 0) is 40.5 Å². The Labute approximate surface area is 432 Å². The number of aromatic carboxylic acids is 1. The van der Waals surface area contributed by atoms with Crippen molar-refractivity contribution in [2.75, 3.05) is 7.11 Å². The molecule has 0 fully saturated rings. The van der Waals surface area contributed by atoms with Gasteiger partial charge in [-0.15, -0.1) is 30.7 Å². The first-order chi connectivity index (χ1) is 36.0. The predicted octanol–water partition coefficient (Wildman–Crippen LogP) is 9.86. The lowest BCUT2D eigenvalue weighted by atomic mass is 10.1. The van der Waals surface area contributed by atoms with Crippen LogP contribution in [0.3, 0.4) is 0 Å². The smallest absolute Gasteiger partial charge is 0.338 e. The van der Waals surface area contributed by atoms with Crippen molar-refractivity contribution < 1.29 is 76.7 Å². The number of aryl methyl sites for hydroxylation is 2. The number of hydrogen-bond acceptors (Lipinski definition) is 21. The Morgan fingerprint density at radius 2 is 1.13 bits per heavy atom. The van der Waals surface area contributed by atoms with E-state index in [9.17, 15) is 76.8 Å². The Bertz CT molecular complexity index is 4500. The van der Waals surface area contributed by atoms with Crippen molar-refractivity contribution in [3.05, 3.63) is 130 Å². The zero-order valence-electron chi connectivity index (χ0n) is 39.1. The number of azo groups is 4. The fourth-order valence-electron chi connectivity index (χ4n) is 7.42. The van der Waals surface area contributed by atoms with Gasteiger partial charge in [-0.2, -0.15) is 43.9 Å². The lowest BCUT2D eigenvalue weighted by Gasteiger charge is -2.10. The van der Waals surface area contributed by atoms with Crippen LogP contribution in [0.1, 0.15) is 21.6 Å². The summed E-state index contributed by atoms with van der Waals surface area (Å²) in [6, 6.07) is 19.7. The van der Waals surface area contributed by atoms with E-state index in [1.165, 1.54) is 81.6 Å². The number of phenols is 2. The van der Waals surface area contributed by atoms with Gasteiger partial charge < -0.3 is 20.1 Å². The maximum Gasteiger partial charge on any atom is 0.338 e. The first-order valence-electron chi connectivity index (χ1n) is 21.2. The van der Waals surface area contributed by atoms with E-state index in [0.29, 0.717) is 11.6 Å². The SMILES string of the molecule is COc1cc(N=Nc2ccc(S(=O)(=O)O)cc2C(=O)O)c(C)cc1N=Nc1c(S(=O)(=O)O)cc2ccc(N=Nc3c(C)[nH]n(-c4ccc5c(O)c(N=Nc6ccccc6S(=O)(=O)O)c(S(=O)(=O)O)cc5c4)c3=O)cc2c1O. The van der Waals surface area contributed by atoms with Crippen LogP contribution in [0.5, 0.6) is 17.2 Å². The standard InChI is InChI=1S/C45H34N10O18S4/c1-21-14-34(35(73-3)20-33(21)49-47-31-13-11-27(74(61,62)63)19-30(31)45(59)60)50-53-41-37(76(67,68)69)16-23-8-9-25(18-29(23)43(41)57)46-51-39-22(2)54-55(44(39)58)26-10-12-28-24(15-26)17-38(77(70,71)72)40(42(28)56)52-48-32-6-4-5-7-36(32)75(64,65)66/h4-20,54,56-57H,1-3H3,(H,59,60)(H,61,62,63)(H,64,65,66)(H,67,68,69)(H,70,71,72). The molecular weight excluding hydrogens is 1100 g/mol. The third-order valence-corrected chi connectivity index (χ3v) is 14.6. The van der Waals surface area contributed by atoms with Crippen LogP contribution >= 0.6 is 0 Å². The number of H-pyrrole nitrogens is 1. The van der Waals surface area contributed by atoms with Gasteiger partial charge in [0.25, 0.3) is 46.0 Å². The summed E-state index contributed by atoms with van der Waals surface area (Å²) in [5.41, 5.74) is -3.29. The normalized spacial score (nSPS) is 12.8. The number of aromatic amines is 1. The average Bonchev–Trinajstić information content (AvgIpc) is 3.66. The second-order valence-corrected chi connectivity index (χ2v) is 21.7. The second-order valence-electron chi connectivity index (χ2n) is 16.1. The molecule has 32 heteroatoms. The molecule has 396 valence electrons. The molecule has 8 aromatic rings. The number of nitrogens with zero attached hydrogens (tertiary/aromatic N) is 9. The van der Waals surface area contributed by atoms with Gasteiger partial charge in [-0.25, -0.2) is 9.48 Å². The lowest BCUT2D eigenvalue weighted by molar-refractivity contribution is 0.0697. The largest absolute Gasteiger partial charge is 0.505 e. The van der Waals surface area contributed by atoms with E-state index >= 15 is 0 Å². The molecule has 0 saturated heterocycles. The Hall–Kier alpha value is -9.02. The lowest BCUT2D eigenvalue weighted by Crippen LogP contribution is -2.14. The number of rotatable bonds is 15. The molecule has 0 atom stereocenters. The number of benzene rings is 7. The molecule has 8 rings (SSSR count). The summed E-state index contributed by atoms with van der Waals surface area (Å²) in [7, 11) is -18.6. The van der Waals surface area contributed by atoms with Gasteiger partial charge in [0.15, 0.2) is 17.2 Å². The number of carboxylic acids is 1. The summed E-state index contributed by atoms with van der Waals surface area (Å²) in [6.45, 7) is 3.00. The Morgan fingerprint density at radius 1 is 0.545 bits per heavy atom. The molecule has 0 unspecified atom stereocenters. The molecule has 1 heterocycles. The van der Waals surface area contributed by atoms with E-state index in [2.05, 4.69) is 46.0 Å². The molecular formula is C45H34N10O18S4. The molecule has 1 aromatic heterocycles. The summed E-state index contributed by atoms with van der Waals surface area (Å²) in [4.78, 5) is 22.4. The minimum atomic E-state index is -5.16. The number of phenolic OH excluding ortho intramolecular Hbond substituents is 2. The summed E-state index contributed by atoms with van der Waals surface area (Å²) in [6.07, 6.45) is 0. The van der Waals surface area contributed by atoms with Crippen LogP contribution in [-0.4, -0.2) is 90.1 Å². The molecule has 8 N–H and O–H groups in total. The number of fused-ring (bicyclic) bond motifs is 2. The number of carboxylic acid groups (broad SMARTS) is 1. The quantitative estimate of drug-likeness (QED) is 0.0349. The molecule has 28 nitrogen and oxygen atoms in total. The molecule has 0 amide bonds. The molecule has 0 spiro atoms. The minimum absolute atomic E-state index is 0.00193. The van der Waals surface area contributed by atoms with Crippen molar-refractivity contribution in [3.8, 4) is 22.9 Å². The molecule has 0 radical (unpaired) electrons. The Kier molecular flexibility index (Phi) is 14.3. The Balaban J connectivity index is 1.10. The highest BCUT2D eigenvalue weighted by atomic mass is 32.2. The summed E-state index contributed by atoms with van der Waals surface area (Å²) >= 11 is 0. The van der Waals surface area contributed by atoms with Crippen LogP contribution in [0.15, 0.2) is 168 Å². The Morgan fingerprint density at radius 3 is 1.75 bits per heavy atom. The van der Waals surface area contributed by atoms with Crippen molar-refractivity contribution in [1.82, 2.24) is 9.78 Å². The van der Waals surface area contributed by atoms with E-state index in [4.69, 9.17) is 4.74 Å².